The van der Waals surface area contributed by atoms with Crippen molar-refractivity contribution in [3.05, 3.63) is 182 Å². The highest BCUT2D eigenvalue weighted by molar-refractivity contribution is 7.86. The highest BCUT2D eigenvalue weighted by Gasteiger charge is 2.49. The molecule has 350 valence electrons. The molecule has 8 aromatic rings. The summed E-state index contributed by atoms with van der Waals surface area (Å²) in [6.07, 6.45) is 0. The van der Waals surface area contributed by atoms with E-state index in [9.17, 15) is 0 Å². The second kappa shape index (κ2) is 19.5. The Balaban J connectivity index is 1.76. The maximum absolute atomic E-state index is 17.7. The van der Waals surface area contributed by atoms with Gasteiger partial charge in [-0.05, 0) is 54.8 Å². The lowest BCUT2D eigenvalue weighted by atomic mass is 9.93. The van der Waals surface area contributed by atoms with Gasteiger partial charge in [-0.1, -0.05) is 275 Å². The van der Waals surface area contributed by atoms with E-state index < -0.39 is 30.4 Å². The van der Waals surface area contributed by atoms with Crippen LogP contribution in [-0.4, -0.2) is 16.1 Å². The van der Waals surface area contributed by atoms with Gasteiger partial charge < -0.3 is 9.13 Å². The van der Waals surface area contributed by atoms with Crippen LogP contribution in [0.4, 0.5) is 0 Å². The van der Waals surface area contributed by atoms with Crippen LogP contribution in [0.3, 0.4) is 0 Å². The second-order valence-corrected chi connectivity index (χ2v) is 38.3. The Morgan fingerprint density at radius 3 is 0.721 bits per heavy atom. The van der Waals surface area contributed by atoms with Gasteiger partial charge in [0.15, 0.2) is 14.3 Å². The van der Waals surface area contributed by atoms with Crippen LogP contribution in [0.2, 0.25) is 33.2 Å². The molecule has 0 aliphatic rings. The lowest BCUT2D eigenvalue weighted by Gasteiger charge is -2.45. The maximum atomic E-state index is 17.7. The minimum Gasteiger partial charge on any atom is -0.309 e. The molecule has 0 saturated heterocycles. The summed E-state index contributed by atoms with van der Waals surface area (Å²) in [4.78, 5) is 0. The fraction of sp³-hybridized carbons (Fsp3) is 0.290. The Bertz CT molecular complexity index is 2800. The molecular formula is C62H72O2P2Si2. The van der Waals surface area contributed by atoms with Gasteiger partial charge in [0.2, 0.25) is 0 Å². The van der Waals surface area contributed by atoms with Crippen LogP contribution >= 0.6 is 14.3 Å². The zero-order chi connectivity index (χ0) is 48.8. The normalized spacial score (nSPS) is 13.0. The molecule has 0 N–H and O–H groups in total. The summed E-state index contributed by atoms with van der Waals surface area (Å²) < 4.78 is 35.5. The minimum atomic E-state index is -3.72. The van der Waals surface area contributed by atoms with Crippen molar-refractivity contribution in [2.24, 2.45) is 0 Å². The number of hydrogen-bond donors (Lipinski definition) is 0. The first-order valence-electron chi connectivity index (χ1n) is 25.1. The standard InChI is InChI=1S/C62H72O2P2Si2/c1-43(2)67(44(3)4,45(5)6)59-41-57(65(63,49-29-17-13-18-30-49)50-31-19-14-20-32-50)61(55-39-27-25-37-53(55)59)62-56-40-28-26-38-54(56)60(68(46(7)8,47(9)10)48(11)12)42-58(62)66(64,51-33-21-15-22-34-51)52-35-23-16-24-36-52/h13-48H,1-12H3. The van der Waals surface area contributed by atoms with Gasteiger partial charge in [-0.25, -0.2) is 0 Å². The number of benzene rings is 8. The molecule has 0 aliphatic heterocycles. The quantitative estimate of drug-likeness (QED) is 0.0758. The first-order chi connectivity index (χ1) is 32.5. The molecule has 0 amide bonds. The van der Waals surface area contributed by atoms with Crippen LogP contribution in [-0.2, 0) is 9.13 Å². The smallest absolute Gasteiger partial charge is 0.171 e. The molecule has 0 fully saturated rings. The topological polar surface area (TPSA) is 34.1 Å². The Kier molecular flexibility index (Phi) is 14.2. The van der Waals surface area contributed by atoms with E-state index in [4.69, 9.17) is 0 Å². The van der Waals surface area contributed by atoms with Crippen LogP contribution in [0, 0.1) is 0 Å². The van der Waals surface area contributed by atoms with Crippen molar-refractivity contribution >= 4 is 94.2 Å². The molecule has 0 bridgehead atoms. The predicted octanol–water partition coefficient (Wildman–Crippen LogP) is 14.7. The van der Waals surface area contributed by atoms with Crippen molar-refractivity contribution in [1.82, 2.24) is 0 Å². The fourth-order valence-electron chi connectivity index (χ4n) is 13.7. The lowest BCUT2D eigenvalue weighted by molar-refractivity contribution is 0.591. The summed E-state index contributed by atoms with van der Waals surface area (Å²) in [5.74, 6) is 0. The largest absolute Gasteiger partial charge is 0.309 e. The molecule has 0 unspecified atom stereocenters. The number of fused-ring (bicyclic) bond motifs is 2. The maximum Gasteiger partial charge on any atom is 0.171 e. The molecule has 0 heterocycles. The van der Waals surface area contributed by atoms with Gasteiger partial charge in [0.25, 0.3) is 0 Å². The molecule has 2 nitrogen and oxygen atoms in total. The zero-order valence-corrected chi connectivity index (χ0v) is 46.3. The molecule has 0 spiro atoms. The third-order valence-electron chi connectivity index (χ3n) is 16.1. The van der Waals surface area contributed by atoms with Crippen molar-refractivity contribution in [2.75, 3.05) is 0 Å². The van der Waals surface area contributed by atoms with Crippen LogP contribution in [0.25, 0.3) is 32.7 Å². The number of hydrogen-bond acceptors (Lipinski definition) is 2. The van der Waals surface area contributed by atoms with E-state index in [1.165, 1.54) is 21.1 Å². The van der Waals surface area contributed by atoms with Crippen LogP contribution in [0.15, 0.2) is 182 Å². The monoisotopic (exact) mass is 966 g/mol. The van der Waals surface area contributed by atoms with E-state index in [1.807, 2.05) is 72.8 Å². The van der Waals surface area contributed by atoms with E-state index in [0.29, 0.717) is 33.2 Å². The highest BCUT2D eigenvalue weighted by Crippen LogP contribution is 2.54. The number of rotatable bonds is 15. The van der Waals surface area contributed by atoms with Gasteiger partial charge in [0.05, 0.1) is 16.1 Å². The van der Waals surface area contributed by atoms with Crippen molar-refractivity contribution in [2.45, 2.75) is 116 Å². The summed E-state index contributed by atoms with van der Waals surface area (Å²) in [7, 11) is -12.3. The predicted molar refractivity (Wildman–Crippen MR) is 307 cm³/mol. The molecule has 0 aliphatic carbocycles. The molecule has 0 atom stereocenters. The van der Waals surface area contributed by atoms with Crippen LogP contribution in [0.5, 0.6) is 0 Å². The van der Waals surface area contributed by atoms with Crippen LogP contribution < -0.4 is 42.2 Å². The van der Waals surface area contributed by atoms with Crippen LogP contribution in [0.1, 0.15) is 83.1 Å². The molecule has 8 rings (SSSR count). The Morgan fingerprint density at radius 2 is 0.500 bits per heavy atom. The van der Waals surface area contributed by atoms with Gasteiger partial charge in [-0.3, -0.25) is 0 Å². The van der Waals surface area contributed by atoms with Gasteiger partial charge in [-0.2, -0.15) is 0 Å². The average Bonchev–Trinajstić information content (AvgIpc) is 3.34. The summed E-state index contributed by atoms with van der Waals surface area (Å²) in [6, 6.07) is 63.7. The molecule has 6 heteroatoms. The molecule has 0 radical (unpaired) electrons. The van der Waals surface area contributed by atoms with Crippen molar-refractivity contribution in [3.63, 3.8) is 0 Å². The minimum absolute atomic E-state index is 0.394. The van der Waals surface area contributed by atoms with Crippen molar-refractivity contribution < 1.29 is 9.13 Å². The van der Waals surface area contributed by atoms with E-state index in [0.717, 1.165) is 53.7 Å². The fourth-order valence-corrected chi connectivity index (χ4v) is 33.7. The van der Waals surface area contributed by atoms with E-state index in [1.54, 1.807) is 0 Å². The van der Waals surface area contributed by atoms with Gasteiger partial charge in [-0.15, -0.1) is 0 Å². The Morgan fingerprint density at radius 1 is 0.294 bits per heavy atom. The summed E-state index contributed by atoms with van der Waals surface area (Å²) in [5.41, 5.74) is 4.22. The third-order valence-corrected chi connectivity index (χ3v) is 36.4. The Labute approximate surface area is 410 Å². The van der Waals surface area contributed by atoms with Gasteiger partial charge in [0, 0.05) is 43.0 Å². The molecule has 0 saturated carbocycles. The summed E-state index contributed by atoms with van der Waals surface area (Å²) in [6.45, 7) is 29.1. The van der Waals surface area contributed by atoms with Gasteiger partial charge >= 0.3 is 0 Å². The molecular weight excluding hydrogens is 895 g/mol. The molecule has 8 aromatic carbocycles. The van der Waals surface area contributed by atoms with Crippen molar-refractivity contribution in [1.29, 1.82) is 0 Å². The summed E-state index contributed by atoms with van der Waals surface area (Å²) >= 11 is 0. The van der Waals surface area contributed by atoms with E-state index >= 15 is 9.13 Å². The highest BCUT2D eigenvalue weighted by atomic mass is 31.2. The first-order valence-corrected chi connectivity index (χ1v) is 32.9. The second-order valence-electron chi connectivity index (χ2n) is 21.1. The summed E-state index contributed by atoms with van der Waals surface area (Å²) in [5, 5.41) is 12.1. The molecule has 0 aromatic heterocycles. The molecule has 68 heavy (non-hydrogen) atoms. The van der Waals surface area contributed by atoms with E-state index in [2.05, 4.69) is 192 Å². The third kappa shape index (κ3) is 7.74. The Hall–Kier alpha value is -4.83. The average molecular weight is 967 g/mol. The first kappa shape index (κ1) is 49.6. The van der Waals surface area contributed by atoms with Gasteiger partial charge in [0.1, 0.15) is 0 Å². The lowest BCUT2D eigenvalue weighted by Crippen LogP contribution is -2.57. The van der Waals surface area contributed by atoms with Crippen molar-refractivity contribution in [3.8, 4) is 11.1 Å². The van der Waals surface area contributed by atoms with E-state index in [-0.39, 0.29) is 0 Å². The SMILES string of the molecule is CC(C)[Si](c1cc(P(=O)(c2ccccc2)c2ccccc2)c(-c2c(P(=O)(c3ccccc3)c3ccccc3)cc([Si](C(C)C)(C(C)C)C(C)C)c3ccccc23)c2ccccc12)(C(C)C)C(C)C. The zero-order valence-electron chi connectivity index (χ0n) is 42.5.